The van der Waals surface area contributed by atoms with Crippen LogP contribution in [0.4, 0.5) is 23.7 Å². The Bertz CT molecular complexity index is 883. The zero-order valence-electron chi connectivity index (χ0n) is 15.0. The average molecular weight is 388 g/mol. The van der Waals surface area contributed by atoms with Crippen LogP contribution in [0.1, 0.15) is 11.1 Å². The normalized spacial score (nSPS) is 10.4. The lowest BCUT2D eigenvalue weighted by atomic mass is 10.1. The Balaban J connectivity index is 1.81. The third kappa shape index (κ3) is 6.40. The Morgan fingerprint density at radius 2 is 1.82 bits per heavy atom. The summed E-state index contributed by atoms with van der Waals surface area (Å²) in [5.74, 6) is 6.12. The minimum absolute atomic E-state index is 0.0301. The van der Waals surface area contributed by atoms with Gasteiger partial charge in [-0.2, -0.15) is 13.2 Å². The number of nitrogens with one attached hydrogen (secondary N) is 2. The molecule has 0 fully saturated rings. The molecule has 2 rings (SSSR count). The van der Waals surface area contributed by atoms with Crippen molar-refractivity contribution in [3.8, 4) is 17.6 Å². The van der Waals surface area contributed by atoms with Crippen LogP contribution >= 0.6 is 0 Å². The number of carbonyl (C=O) groups excluding carboxylic acids is 1. The van der Waals surface area contributed by atoms with Gasteiger partial charge in [0.2, 0.25) is 0 Å². The Morgan fingerprint density at radius 1 is 1.11 bits per heavy atom. The highest BCUT2D eigenvalue weighted by molar-refractivity contribution is 5.90. The number of anilines is 1. The molecule has 28 heavy (non-hydrogen) atoms. The molecule has 0 radical (unpaired) electrons. The van der Waals surface area contributed by atoms with Gasteiger partial charge >= 0.3 is 12.2 Å². The molecule has 0 unspecified atom stereocenters. The first-order chi connectivity index (χ1) is 13.4. The van der Waals surface area contributed by atoms with E-state index in [1.165, 1.54) is 18.2 Å². The van der Waals surface area contributed by atoms with Crippen LogP contribution in [0, 0.1) is 11.8 Å². The van der Waals surface area contributed by atoms with Crippen molar-refractivity contribution in [2.45, 2.75) is 12.6 Å². The van der Waals surface area contributed by atoms with Crippen LogP contribution in [0.3, 0.4) is 0 Å². The van der Waals surface area contributed by atoms with Crippen molar-refractivity contribution in [3.63, 3.8) is 0 Å². The zero-order chi connectivity index (χ0) is 20.4. The Hall–Kier alpha value is -3.40. The number of hydrogen-bond donors (Lipinski definition) is 2. The summed E-state index contributed by atoms with van der Waals surface area (Å²) >= 11 is 0. The fraction of sp³-hybridized carbons (Fsp3) is 0.190. The first kappa shape index (κ1) is 20.9. The first-order valence-electron chi connectivity index (χ1n) is 8.40. The number of hydrogen-bond acceptors (Lipinski definition) is 2. The van der Waals surface area contributed by atoms with Gasteiger partial charge in [-0.3, -0.25) is 0 Å². The van der Waals surface area contributed by atoms with Crippen LogP contribution in [-0.2, 0) is 12.6 Å². The molecule has 0 saturated carbocycles. The minimum atomic E-state index is -4.55. The molecule has 2 amide bonds. The SMILES string of the molecule is C=CCc1ccccc1OCC#CCNC(=O)Nc1ccccc1C(F)(F)F. The summed E-state index contributed by atoms with van der Waals surface area (Å²) in [6, 6.07) is 11.5. The maximum atomic E-state index is 12.9. The van der Waals surface area contributed by atoms with E-state index in [9.17, 15) is 18.0 Å². The number of allylic oxidation sites excluding steroid dienone is 1. The van der Waals surface area contributed by atoms with E-state index >= 15 is 0 Å². The predicted molar refractivity (Wildman–Crippen MR) is 102 cm³/mol. The van der Waals surface area contributed by atoms with Gasteiger partial charge in [-0.1, -0.05) is 48.2 Å². The highest BCUT2D eigenvalue weighted by Crippen LogP contribution is 2.34. The maximum absolute atomic E-state index is 12.9. The summed E-state index contributed by atoms with van der Waals surface area (Å²) in [5, 5.41) is 4.56. The van der Waals surface area contributed by atoms with Gasteiger partial charge in [-0.15, -0.1) is 6.58 Å². The van der Waals surface area contributed by atoms with Gasteiger partial charge in [0.25, 0.3) is 0 Å². The van der Waals surface area contributed by atoms with Gasteiger partial charge in [0, 0.05) is 0 Å². The lowest BCUT2D eigenvalue weighted by Crippen LogP contribution is -2.30. The number of alkyl halides is 3. The average Bonchev–Trinajstić information content (AvgIpc) is 2.65. The molecule has 0 spiro atoms. The molecule has 0 aliphatic heterocycles. The second kappa shape index (κ2) is 10.1. The molecule has 0 saturated heterocycles. The Kier molecular flexibility index (Phi) is 7.52. The van der Waals surface area contributed by atoms with Gasteiger partial charge in [-0.25, -0.2) is 4.79 Å². The lowest BCUT2D eigenvalue weighted by Gasteiger charge is -2.13. The number of para-hydroxylation sites is 2. The van der Waals surface area contributed by atoms with Gasteiger partial charge in [0.15, 0.2) is 0 Å². The summed E-state index contributed by atoms with van der Waals surface area (Å²) in [7, 11) is 0. The topological polar surface area (TPSA) is 50.4 Å². The quantitative estimate of drug-likeness (QED) is 0.560. The van der Waals surface area contributed by atoms with E-state index in [-0.39, 0.29) is 18.8 Å². The van der Waals surface area contributed by atoms with Crippen LogP contribution in [-0.4, -0.2) is 19.2 Å². The molecule has 146 valence electrons. The molecular formula is C21H19F3N2O2. The Morgan fingerprint density at radius 3 is 2.57 bits per heavy atom. The molecule has 0 atom stereocenters. The molecule has 7 heteroatoms. The molecule has 0 aromatic heterocycles. The number of urea groups is 1. The molecule has 2 N–H and O–H groups in total. The van der Waals surface area contributed by atoms with Gasteiger partial charge in [0.05, 0.1) is 17.8 Å². The number of ether oxygens (including phenoxy) is 1. The van der Waals surface area contributed by atoms with E-state index in [4.69, 9.17) is 4.74 Å². The highest BCUT2D eigenvalue weighted by atomic mass is 19.4. The molecule has 2 aromatic rings. The number of rotatable bonds is 6. The molecule has 2 aromatic carbocycles. The van der Waals surface area contributed by atoms with Gasteiger partial charge < -0.3 is 15.4 Å². The molecule has 4 nitrogen and oxygen atoms in total. The van der Waals surface area contributed by atoms with Crippen molar-refractivity contribution >= 4 is 11.7 Å². The van der Waals surface area contributed by atoms with Crippen LogP contribution < -0.4 is 15.4 Å². The van der Waals surface area contributed by atoms with Crippen LogP contribution in [0.25, 0.3) is 0 Å². The van der Waals surface area contributed by atoms with Crippen molar-refractivity contribution in [1.82, 2.24) is 5.32 Å². The fourth-order valence-corrected chi connectivity index (χ4v) is 2.33. The number of carbonyl (C=O) groups is 1. The van der Waals surface area contributed by atoms with Crippen molar-refractivity contribution in [2.75, 3.05) is 18.5 Å². The third-order valence-electron chi connectivity index (χ3n) is 3.58. The van der Waals surface area contributed by atoms with Crippen molar-refractivity contribution in [1.29, 1.82) is 0 Å². The van der Waals surface area contributed by atoms with E-state index in [2.05, 4.69) is 29.1 Å². The molecule has 0 heterocycles. The molecule has 0 aliphatic carbocycles. The van der Waals surface area contributed by atoms with Gasteiger partial charge in [-0.05, 0) is 30.2 Å². The smallest absolute Gasteiger partial charge is 0.418 e. The van der Waals surface area contributed by atoms with E-state index < -0.39 is 17.8 Å². The van der Waals surface area contributed by atoms with Crippen molar-refractivity contribution in [3.05, 3.63) is 72.3 Å². The highest BCUT2D eigenvalue weighted by Gasteiger charge is 2.33. The summed E-state index contributed by atoms with van der Waals surface area (Å²) < 4.78 is 44.3. The maximum Gasteiger partial charge on any atom is 0.418 e. The predicted octanol–water partition coefficient (Wildman–Crippen LogP) is 4.64. The largest absolute Gasteiger partial charge is 0.481 e. The van der Waals surface area contributed by atoms with E-state index in [0.717, 1.165) is 11.6 Å². The molecular weight excluding hydrogens is 369 g/mol. The van der Waals surface area contributed by atoms with Crippen LogP contribution in [0.15, 0.2) is 61.2 Å². The summed E-state index contributed by atoms with van der Waals surface area (Å²) in [5.41, 5.74) is -0.245. The number of halogens is 3. The fourth-order valence-electron chi connectivity index (χ4n) is 2.33. The number of amides is 2. The standard InChI is InChI=1S/C21H19F3N2O2/c1-2-9-16-10-3-6-13-19(16)28-15-8-7-14-25-20(27)26-18-12-5-4-11-17(18)21(22,23)24/h2-6,10-13H,1,9,14-15H2,(H2,25,26,27). The second-order valence-electron chi connectivity index (χ2n) is 5.59. The third-order valence-corrected chi connectivity index (χ3v) is 3.58. The van der Waals surface area contributed by atoms with Crippen molar-refractivity contribution in [2.24, 2.45) is 0 Å². The van der Waals surface area contributed by atoms with Gasteiger partial charge in [0.1, 0.15) is 12.4 Å². The monoisotopic (exact) mass is 388 g/mol. The summed E-state index contributed by atoms with van der Waals surface area (Å²) in [6.45, 7) is 3.78. The molecule has 0 aliphatic rings. The van der Waals surface area contributed by atoms with Crippen LogP contribution in [0.5, 0.6) is 5.75 Å². The minimum Gasteiger partial charge on any atom is -0.481 e. The van der Waals surface area contributed by atoms with E-state index in [1.54, 1.807) is 6.08 Å². The second-order valence-corrected chi connectivity index (χ2v) is 5.59. The summed E-state index contributed by atoms with van der Waals surface area (Å²) in [4.78, 5) is 11.8. The van der Waals surface area contributed by atoms with Crippen molar-refractivity contribution < 1.29 is 22.7 Å². The number of benzene rings is 2. The van der Waals surface area contributed by atoms with Crippen LogP contribution in [0.2, 0.25) is 0 Å². The van der Waals surface area contributed by atoms with E-state index in [0.29, 0.717) is 12.2 Å². The Labute approximate surface area is 161 Å². The molecule has 0 bridgehead atoms. The van der Waals surface area contributed by atoms with E-state index in [1.807, 2.05) is 24.3 Å². The summed E-state index contributed by atoms with van der Waals surface area (Å²) in [6.07, 6.45) is -2.11. The zero-order valence-corrected chi connectivity index (χ0v) is 15.0. The first-order valence-corrected chi connectivity index (χ1v) is 8.40. The lowest BCUT2D eigenvalue weighted by molar-refractivity contribution is -0.136.